The van der Waals surface area contributed by atoms with Crippen molar-refractivity contribution in [3.63, 3.8) is 0 Å². The summed E-state index contributed by atoms with van der Waals surface area (Å²) in [5, 5.41) is 0.309. The van der Waals surface area contributed by atoms with E-state index in [4.69, 9.17) is 16.3 Å². The van der Waals surface area contributed by atoms with Crippen LogP contribution in [0.1, 0.15) is 5.56 Å². The van der Waals surface area contributed by atoms with Crippen molar-refractivity contribution in [1.82, 2.24) is 9.80 Å². The lowest BCUT2D eigenvalue weighted by Crippen LogP contribution is -2.49. The van der Waals surface area contributed by atoms with Gasteiger partial charge >= 0.3 is 0 Å². The molecule has 0 aromatic heterocycles. The summed E-state index contributed by atoms with van der Waals surface area (Å²) in [4.78, 5) is 15.5. The average Bonchev–Trinajstić information content (AvgIpc) is 2.69. The molecule has 0 N–H and O–H groups in total. The monoisotopic (exact) mass is 434 g/mol. The number of halogens is 6. The summed E-state index contributed by atoms with van der Waals surface area (Å²) in [6.45, 7) is 0.827. The molecule has 3 rings (SSSR count). The van der Waals surface area contributed by atoms with Crippen molar-refractivity contribution in [3.8, 4) is 5.75 Å². The van der Waals surface area contributed by atoms with Crippen LogP contribution in [0.5, 0.6) is 5.75 Å². The molecule has 29 heavy (non-hydrogen) atoms. The van der Waals surface area contributed by atoms with E-state index < -0.39 is 47.3 Å². The molecular formula is C19H16ClF5N2O2. The first kappa shape index (κ1) is 21.3. The fourth-order valence-electron chi connectivity index (χ4n) is 2.97. The Labute approximate surface area is 168 Å². The summed E-state index contributed by atoms with van der Waals surface area (Å²) >= 11 is 6.01. The lowest BCUT2D eigenvalue weighted by atomic mass is 10.2. The van der Waals surface area contributed by atoms with Gasteiger partial charge in [-0.2, -0.15) is 8.78 Å². The molecule has 0 aliphatic carbocycles. The van der Waals surface area contributed by atoms with Crippen molar-refractivity contribution in [2.24, 2.45) is 0 Å². The molecule has 0 atom stereocenters. The minimum absolute atomic E-state index is 0.0559. The molecule has 2 aromatic rings. The molecular weight excluding hydrogens is 419 g/mol. The highest BCUT2D eigenvalue weighted by Gasteiger charge is 2.25. The van der Waals surface area contributed by atoms with E-state index in [1.807, 2.05) is 4.90 Å². The second kappa shape index (κ2) is 8.96. The molecule has 2 aromatic carbocycles. The van der Waals surface area contributed by atoms with E-state index in [1.165, 1.54) is 17.0 Å². The standard InChI is InChI=1S/C19H16ClF5N2O2/c20-12-2-1-3-13(21)11(12)9-26-4-6-27(7-5-26)16(28)10-29-19-17(24)14(22)8-15(23)18(19)25/h1-3,8H,4-7,9-10H2. The third-order valence-electron chi connectivity index (χ3n) is 4.58. The van der Waals surface area contributed by atoms with Gasteiger partial charge in [0, 0.05) is 49.4 Å². The number of hydrogen-bond acceptors (Lipinski definition) is 3. The predicted octanol–water partition coefficient (Wildman–Crippen LogP) is 3.76. The molecule has 0 spiro atoms. The third kappa shape index (κ3) is 4.79. The van der Waals surface area contributed by atoms with Gasteiger partial charge in [-0.1, -0.05) is 17.7 Å². The molecule has 1 aliphatic heterocycles. The van der Waals surface area contributed by atoms with Crippen molar-refractivity contribution in [2.45, 2.75) is 6.54 Å². The molecule has 1 fully saturated rings. The quantitative estimate of drug-likeness (QED) is 0.530. The number of piperazine rings is 1. The molecule has 4 nitrogen and oxygen atoms in total. The zero-order chi connectivity index (χ0) is 21.1. The average molecular weight is 435 g/mol. The second-order valence-corrected chi connectivity index (χ2v) is 6.85. The first-order valence-corrected chi connectivity index (χ1v) is 9.04. The smallest absolute Gasteiger partial charge is 0.260 e. The van der Waals surface area contributed by atoms with Gasteiger partial charge in [-0.15, -0.1) is 0 Å². The zero-order valence-corrected chi connectivity index (χ0v) is 15.8. The van der Waals surface area contributed by atoms with Crippen LogP contribution in [-0.4, -0.2) is 48.5 Å². The van der Waals surface area contributed by atoms with Gasteiger partial charge in [-0.3, -0.25) is 9.69 Å². The highest BCUT2D eigenvalue weighted by atomic mass is 35.5. The largest absolute Gasteiger partial charge is 0.477 e. The number of carbonyl (C=O) groups is 1. The van der Waals surface area contributed by atoms with Gasteiger partial charge < -0.3 is 9.64 Å². The maximum absolute atomic E-state index is 13.9. The predicted molar refractivity (Wildman–Crippen MR) is 95.0 cm³/mol. The molecule has 1 amide bonds. The van der Waals surface area contributed by atoms with Gasteiger partial charge in [0.15, 0.2) is 24.0 Å². The zero-order valence-electron chi connectivity index (χ0n) is 15.0. The molecule has 0 unspecified atom stereocenters. The van der Waals surface area contributed by atoms with Crippen LogP contribution in [0.4, 0.5) is 22.0 Å². The van der Waals surface area contributed by atoms with Gasteiger partial charge in [0.05, 0.1) is 0 Å². The number of nitrogens with zero attached hydrogens (tertiary/aromatic N) is 2. The number of benzene rings is 2. The van der Waals surface area contributed by atoms with Crippen LogP contribution in [-0.2, 0) is 11.3 Å². The van der Waals surface area contributed by atoms with Crippen molar-refractivity contribution in [1.29, 1.82) is 0 Å². The van der Waals surface area contributed by atoms with E-state index in [0.717, 1.165) is 0 Å². The maximum atomic E-state index is 13.9. The molecule has 0 bridgehead atoms. The van der Waals surface area contributed by atoms with Gasteiger partial charge in [0.2, 0.25) is 11.6 Å². The van der Waals surface area contributed by atoms with Crippen LogP contribution in [0.15, 0.2) is 24.3 Å². The highest BCUT2D eigenvalue weighted by Crippen LogP contribution is 2.26. The Kier molecular flexibility index (Phi) is 6.59. The first-order chi connectivity index (χ1) is 13.8. The fourth-order valence-corrected chi connectivity index (χ4v) is 3.19. The summed E-state index contributed by atoms with van der Waals surface area (Å²) in [5.74, 6) is -8.94. The Balaban J connectivity index is 1.55. The van der Waals surface area contributed by atoms with Crippen LogP contribution in [0.25, 0.3) is 0 Å². The van der Waals surface area contributed by atoms with Gasteiger partial charge in [0.1, 0.15) is 5.82 Å². The Bertz CT molecular complexity index is 873. The van der Waals surface area contributed by atoms with Crippen LogP contribution in [0.3, 0.4) is 0 Å². The topological polar surface area (TPSA) is 32.8 Å². The van der Waals surface area contributed by atoms with Crippen LogP contribution in [0, 0.1) is 29.1 Å². The second-order valence-electron chi connectivity index (χ2n) is 6.44. The van der Waals surface area contributed by atoms with Crippen LogP contribution in [0.2, 0.25) is 5.02 Å². The summed E-state index contributed by atoms with van der Waals surface area (Å²) in [6, 6.07) is 4.46. The SMILES string of the molecule is O=C(COc1c(F)c(F)cc(F)c1F)N1CCN(Cc2c(F)cccc2Cl)CC1. The maximum Gasteiger partial charge on any atom is 0.260 e. The summed E-state index contributed by atoms with van der Waals surface area (Å²) in [5.41, 5.74) is 0.358. The molecule has 1 saturated heterocycles. The van der Waals surface area contributed by atoms with E-state index in [9.17, 15) is 26.7 Å². The van der Waals surface area contributed by atoms with Crippen LogP contribution >= 0.6 is 11.6 Å². The van der Waals surface area contributed by atoms with E-state index in [-0.39, 0.29) is 25.7 Å². The molecule has 0 radical (unpaired) electrons. The van der Waals surface area contributed by atoms with Crippen molar-refractivity contribution >= 4 is 17.5 Å². The Morgan fingerprint density at radius 1 is 0.966 bits per heavy atom. The van der Waals surface area contributed by atoms with E-state index in [0.29, 0.717) is 23.7 Å². The van der Waals surface area contributed by atoms with Gasteiger partial charge in [-0.05, 0) is 12.1 Å². The lowest BCUT2D eigenvalue weighted by Gasteiger charge is -2.34. The summed E-state index contributed by atoms with van der Waals surface area (Å²) in [7, 11) is 0. The third-order valence-corrected chi connectivity index (χ3v) is 4.93. The number of hydrogen-bond donors (Lipinski definition) is 0. The number of rotatable bonds is 5. The molecule has 0 saturated carbocycles. The molecule has 1 heterocycles. The highest BCUT2D eigenvalue weighted by molar-refractivity contribution is 6.31. The van der Waals surface area contributed by atoms with E-state index >= 15 is 0 Å². The molecule has 10 heteroatoms. The summed E-state index contributed by atoms with van der Waals surface area (Å²) < 4.78 is 72.1. The molecule has 1 aliphatic rings. The van der Waals surface area contributed by atoms with Crippen molar-refractivity contribution in [3.05, 3.63) is 63.9 Å². The Morgan fingerprint density at radius 3 is 2.17 bits per heavy atom. The fraction of sp³-hybridized carbons (Fsp3) is 0.316. The van der Waals surface area contributed by atoms with Gasteiger partial charge in [0.25, 0.3) is 5.91 Å². The van der Waals surface area contributed by atoms with Crippen molar-refractivity contribution in [2.75, 3.05) is 32.8 Å². The van der Waals surface area contributed by atoms with Crippen LogP contribution < -0.4 is 4.74 Å². The van der Waals surface area contributed by atoms with Crippen molar-refractivity contribution < 1.29 is 31.5 Å². The lowest BCUT2D eigenvalue weighted by molar-refractivity contribution is -0.135. The number of ether oxygens (including phenoxy) is 1. The van der Waals surface area contributed by atoms with Gasteiger partial charge in [-0.25, -0.2) is 13.2 Å². The number of carbonyl (C=O) groups excluding carboxylic acids is 1. The summed E-state index contributed by atoms with van der Waals surface area (Å²) in [6.07, 6.45) is 0. The Hall–Kier alpha value is -2.39. The minimum atomic E-state index is -1.71. The normalized spacial score (nSPS) is 14.9. The molecule has 156 valence electrons. The minimum Gasteiger partial charge on any atom is -0.477 e. The Morgan fingerprint density at radius 2 is 1.59 bits per heavy atom. The van der Waals surface area contributed by atoms with E-state index in [1.54, 1.807) is 6.07 Å². The number of amides is 1. The van der Waals surface area contributed by atoms with E-state index in [2.05, 4.69) is 0 Å². The first-order valence-electron chi connectivity index (χ1n) is 8.66.